The van der Waals surface area contributed by atoms with Gasteiger partial charge in [-0.3, -0.25) is 0 Å². The summed E-state index contributed by atoms with van der Waals surface area (Å²) in [6, 6.07) is 6.18. The molecule has 0 aliphatic heterocycles. The zero-order chi connectivity index (χ0) is 13.1. The first-order valence-electron chi connectivity index (χ1n) is 6.55. The maximum atomic E-state index is 10.2. The van der Waals surface area contributed by atoms with E-state index in [4.69, 9.17) is 0 Å². The van der Waals surface area contributed by atoms with Crippen LogP contribution >= 0.6 is 0 Å². The lowest BCUT2D eigenvalue weighted by atomic mass is 9.88. The van der Waals surface area contributed by atoms with Crippen molar-refractivity contribution in [1.29, 1.82) is 0 Å². The van der Waals surface area contributed by atoms with E-state index in [1.165, 1.54) is 11.1 Å². The Bertz CT molecular complexity index is 360. The van der Waals surface area contributed by atoms with Gasteiger partial charge in [0.15, 0.2) is 0 Å². The lowest BCUT2D eigenvalue weighted by molar-refractivity contribution is 0.157. The molecule has 1 unspecified atom stereocenters. The van der Waals surface area contributed by atoms with Crippen molar-refractivity contribution in [1.82, 2.24) is 0 Å². The Morgan fingerprint density at radius 1 is 1.18 bits per heavy atom. The van der Waals surface area contributed by atoms with Gasteiger partial charge in [0.25, 0.3) is 0 Å². The summed E-state index contributed by atoms with van der Waals surface area (Å²) >= 11 is 0. The highest BCUT2D eigenvalue weighted by atomic mass is 16.3. The third kappa shape index (κ3) is 4.51. The van der Waals surface area contributed by atoms with E-state index in [1.807, 2.05) is 12.1 Å². The van der Waals surface area contributed by atoms with Gasteiger partial charge < -0.3 is 5.11 Å². The Kier molecular flexibility index (Phi) is 4.76. The van der Waals surface area contributed by atoms with Crippen molar-refractivity contribution >= 4 is 0 Å². The molecule has 1 aromatic rings. The van der Waals surface area contributed by atoms with Crippen molar-refractivity contribution < 1.29 is 5.11 Å². The van der Waals surface area contributed by atoms with Crippen molar-refractivity contribution in [2.75, 3.05) is 0 Å². The predicted molar refractivity (Wildman–Crippen MR) is 74.2 cm³/mol. The molecule has 1 nitrogen and oxygen atoms in total. The van der Waals surface area contributed by atoms with Crippen molar-refractivity contribution in [3.05, 3.63) is 34.9 Å². The molecule has 0 amide bonds. The first-order chi connectivity index (χ1) is 7.81. The number of aryl methyl sites for hydroxylation is 1. The van der Waals surface area contributed by atoms with Gasteiger partial charge in [0.2, 0.25) is 0 Å². The number of aliphatic hydroxyl groups is 1. The summed E-state index contributed by atoms with van der Waals surface area (Å²) in [5.74, 6) is 0. The fourth-order valence-corrected chi connectivity index (χ4v) is 2.12. The molecule has 1 rings (SSSR count). The second-order valence-electron chi connectivity index (χ2n) is 6.26. The molecule has 1 N–H and O–H groups in total. The summed E-state index contributed by atoms with van der Waals surface area (Å²) in [7, 11) is 0. The monoisotopic (exact) mass is 234 g/mol. The summed E-state index contributed by atoms with van der Waals surface area (Å²) in [5.41, 5.74) is 3.95. The van der Waals surface area contributed by atoms with Gasteiger partial charge in [-0.05, 0) is 48.8 Å². The summed E-state index contributed by atoms with van der Waals surface area (Å²) in [6.07, 6.45) is 2.80. The van der Waals surface area contributed by atoms with Gasteiger partial charge in [-0.2, -0.15) is 0 Å². The molecule has 1 atom stereocenters. The van der Waals surface area contributed by atoms with Crippen LogP contribution in [0.5, 0.6) is 0 Å². The topological polar surface area (TPSA) is 20.2 Å². The molecular formula is C16H26O. The van der Waals surface area contributed by atoms with Crippen LogP contribution < -0.4 is 0 Å². The zero-order valence-electron chi connectivity index (χ0n) is 11.9. The summed E-state index contributed by atoms with van der Waals surface area (Å²) in [5, 5.41) is 10.2. The number of aliphatic hydroxyl groups excluding tert-OH is 1. The second-order valence-corrected chi connectivity index (χ2v) is 6.26. The second kappa shape index (κ2) is 5.68. The molecule has 0 saturated heterocycles. The average molecular weight is 234 g/mol. The summed E-state index contributed by atoms with van der Waals surface area (Å²) in [4.78, 5) is 0. The van der Waals surface area contributed by atoms with E-state index < -0.39 is 0 Å². The van der Waals surface area contributed by atoms with E-state index >= 15 is 0 Å². The Morgan fingerprint density at radius 3 is 2.41 bits per heavy atom. The molecule has 0 saturated carbocycles. The van der Waals surface area contributed by atoms with Crippen LogP contribution in [0.2, 0.25) is 0 Å². The van der Waals surface area contributed by atoms with Crippen LogP contribution in [-0.2, 0) is 0 Å². The predicted octanol–water partition coefficient (Wildman–Crippen LogP) is 4.55. The summed E-state index contributed by atoms with van der Waals surface area (Å²) < 4.78 is 0. The average Bonchev–Trinajstić information content (AvgIpc) is 2.20. The minimum absolute atomic E-state index is 0.308. The Hall–Kier alpha value is -0.820. The van der Waals surface area contributed by atoms with Gasteiger partial charge in [0.05, 0.1) is 6.10 Å². The minimum Gasteiger partial charge on any atom is -0.388 e. The smallest absolute Gasteiger partial charge is 0.0792 e. The lowest BCUT2D eigenvalue weighted by Crippen LogP contribution is -2.07. The molecule has 1 aromatic carbocycles. The first-order valence-corrected chi connectivity index (χ1v) is 6.55. The van der Waals surface area contributed by atoms with Crippen LogP contribution in [0, 0.1) is 19.3 Å². The molecule has 0 fully saturated rings. The van der Waals surface area contributed by atoms with Gasteiger partial charge in [0.1, 0.15) is 0 Å². The standard InChI is InChI=1S/C16H26O/c1-12-8-6-9-14(13(12)2)15(17)10-7-11-16(3,4)5/h6,8-9,15,17H,7,10-11H2,1-5H3. The Morgan fingerprint density at radius 2 is 1.82 bits per heavy atom. The number of benzene rings is 1. The number of hydrogen-bond donors (Lipinski definition) is 1. The van der Waals surface area contributed by atoms with E-state index in [1.54, 1.807) is 0 Å². The Balaban J connectivity index is 2.58. The fourth-order valence-electron chi connectivity index (χ4n) is 2.12. The van der Waals surface area contributed by atoms with Crippen LogP contribution in [-0.4, -0.2) is 5.11 Å². The lowest BCUT2D eigenvalue weighted by Gasteiger charge is -2.20. The van der Waals surface area contributed by atoms with Crippen LogP contribution in [0.4, 0.5) is 0 Å². The van der Waals surface area contributed by atoms with Crippen molar-refractivity contribution in [3.8, 4) is 0 Å². The molecule has 0 bridgehead atoms. The van der Waals surface area contributed by atoms with E-state index in [-0.39, 0.29) is 6.10 Å². The number of hydrogen-bond acceptors (Lipinski definition) is 1. The zero-order valence-corrected chi connectivity index (χ0v) is 11.9. The van der Waals surface area contributed by atoms with Gasteiger partial charge in [-0.1, -0.05) is 45.4 Å². The third-order valence-corrected chi connectivity index (χ3v) is 3.41. The molecule has 0 aromatic heterocycles. The van der Waals surface area contributed by atoms with Crippen LogP contribution in [0.1, 0.15) is 62.8 Å². The maximum absolute atomic E-state index is 10.2. The van der Waals surface area contributed by atoms with Crippen LogP contribution in [0.15, 0.2) is 18.2 Å². The van der Waals surface area contributed by atoms with E-state index in [2.05, 4.69) is 40.7 Å². The molecule has 17 heavy (non-hydrogen) atoms. The largest absolute Gasteiger partial charge is 0.388 e. The van der Waals surface area contributed by atoms with Crippen LogP contribution in [0.3, 0.4) is 0 Å². The molecule has 1 heteroatoms. The number of rotatable bonds is 4. The fraction of sp³-hybridized carbons (Fsp3) is 0.625. The maximum Gasteiger partial charge on any atom is 0.0792 e. The van der Waals surface area contributed by atoms with Crippen molar-refractivity contribution in [3.63, 3.8) is 0 Å². The van der Waals surface area contributed by atoms with Gasteiger partial charge in [-0.15, -0.1) is 0 Å². The summed E-state index contributed by atoms with van der Waals surface area (Å²) in [6.45, 7) is 10.9. The first kappa shape index (κ1) is 14.2. The highest BCUT2D eigenvalue weighted by Crippen LogP contribution is 2.28. The SMILES string of the molecule is Cc1cccc(C(O)CCCC(C)(C)C)c1C. The highest BCUT2D eigenvalue weighted by Gasteiger charge is 2.14. The molecule has 0 aliphatic rings. The van der Waals surface area contributed by atoms with E-state index in [0.29, 0.717) is 5.41 Å². The Labute approximate surface area is 106 Å². The molecule has 0 spiro atoms. The molecule has 0 radical (unpaired) electrons. The van der Waals surface area contributed by atoms with E-state index in [0.717, 1.165) is 24.8 Å². The van der Waals surface area contributed by atoms with Crippen molar-refractivity contribution in [2.24, 2.45) is 5.41 Å². The normalized spacial score (nSPS) is 13.8. The third-order valence-electron chi connectivity index (χ3n) is 3.41. The van der Waals surface area contributed by atoms with Gasteiger partial charge in [0, 0.05) is 0 Å². The van der Waals surface area contributed by atoms with E-state index in [9.17, 15) is 5.11 Å². The molecular weight excluding hydrogens is 208 g/mol. The minimum atomic E-state index is -0.308. The van der Waals surface area contributed by atoms with Crippen molar-refractivity contribution in [2.45, 2.75) is 60.0 Å². The molecule has 0 heterocycles. The highest BCUT2D eigenvalue weighted by molar-refractivity contribution is 5.34. The van der Waals surface area contributed by atoms with Crippen LogP contribution in [0.25, 0.3) is 0 Å². The van der Waals surface area contributed by atoms with Gasteiger partial charge >= 0.3 is 0 Å². The van der Waals surface area contributed by atoms with Gasteiger partial charge in [-0.25, -0.2) is 0 Å². The quantitative estimate of drug-likeness (QED) is 0.810. The molecule has 96 valence electrons. The molecule has 0 aliphatic carbocycles.